The molecule has 0 aliphatic rings. The first-order valence-corrected chi connectivity index (χ1v) is 14.2. The quantitative estimate of drug-likeness (QED) is 0.126. The second kappa shape index (κ2) is 12.6. The van der Waals surface area contributed by atoms with Gasteiger partial charge in [0, 0.05) is 0 Å². The van der Waals surface area contributed by atoms with Crippen LogP contribution in [0.1, 0.15) is 61.0 Å². The van der Waals surface area contributed by atoms with Gasteiger partial charge in [0.15, 0.2) is 6.20 Å². The third kappa shape index (κ3) is 7.50. The molecule has 0 radical (unpaired) electrons. The molecule has 0 spiro atoms. The molecular weight excluding hydrogens is 414 g/mol. The van der Waals surface area contributed by atoms with Crippen molar-refractivity contribution >= 4 is 8.32 Å². The van der Waals surface area contributed by atoms with Gasteiger partial charge in [-0.1, -0.05) is 78.5 Å². The third-order valence-electron chi connectivity index (χ3n) is 6.47. The van der Waals surface area contributed by atoms with Crippen molar-refractivity contribution in [3.63, 3.8) is 0 Å². The van der Waals surface area contributed by atoms with Crippen molar-refractivity contribution in [3.05, 3.63) is 60.2 Å². The van der Waals surface area contributed by atoms with E-state index in [0.717, 1.165) is 5.57 Å². The highest BCUT2D eigenvalue weighted by Crippen LogP contribution is 2.43. The van der Waals surface area contributed by atoms with Gasteiger partial charge < -0.3 is 13.9 Å². The van der Waals surface area contributed by atoms with Gasteiger partial charge in [-0.25, -0.2) is 0 Å². The van der Waals surface area contributed by atoms with Crippen LogP contribution in [0.2, 0.25) is 16.6 Å². The maximum Gasteiger partial charge on any atom is 0.321 e. The topological polar surface area (TPSA) is 27.7 Å². The highest BCUT2D eigenvalue weighted by Gasteiger charge is 2.48. The Kier molecular flexibility index (Phi) is 11.2. The molecule has 1 unspecified atom stereocenters. The lowest BCUT2D eigenvalue weighted by atomic mass is 10.1. The molecule has 0 aliphatic carbocycles. The first kappa shape index (κ1) is 28.5. The number of ether oxygens (including phenoxy) is 2. The second-order valence-electron chi connectivity index (χ2n) is 10.3. The lowest BCUT2D eigenvalue weighted by Crippen LogP contribution is -2.50. The second-order valence-corrected chi connectivity index (χ2v) is 15.7. The fourth-order valence-electron chi connectivity index (χ4n) is 4.89. The van der Waals surface area contributed by atoms with E-state index in [4.69, 9.17) is 13.9 Å². The van der Waals surface area contributed by atoms with Crippen LogP contribution in [0, 0.1) is 0 Å². The fourth-order valence-corrected chi connectivity index (χ4v) is 10.1. The molecule has 0 aromatic heterocycles. The van der Waals surface area contributed by atoms with Gasteiger partial charge in [0.1, 0.15) is 12.6 Å². The first-order chi connectivity index (χ1) is 14.9. The fraction of sp³-hybridized carbons (Fsp3) is 0.630. The Morgan fingerprint density at radius 2 is 1.53 bits per heavy atom. The van der Waals surface area contributed by atoms with Crippen molar-refractivity contribution < 1.29 is 18.4 Å². The number of rotatable bonds is 14. The minimum atomic E-state index is -2.12. The third-order valence-corrected chi connectivity index (χ3v) is 12.4. The zero-order valence-corrected chi connectivity index (χ0v) is 23.3. The smallest absolute Gasteiger partial charge is 0.321 e. The number of hydrogen-bond acceptors (Lipinski definition) is 3. The first-order valence-electron chi connectivity index (χ1n) is 12.0. The minimum absolute atomic E-state index is 0.0889. The molecule has 0 bridgehead atoms. The lowest BCUT2D eigenvalue weighted by Gasteiger charge is -2.43. The molecule has 0 heterocycles. The number of hydrogen-bond donors (Lipinski definition) is 0. The van der Waals surface area contributed by atoms with Gasteiger partial charge in [-0.15, -0.1) is 0 Å². The van der Waals surface area contributed by atoms with Crippen LogP contribution < -0.4 is 0 Å². The van der Waals surface area contributed by atoms with Crippen molar-refractivity contribution in [2.24, 2.45) is 0 Å². The zero-order valence-electron chi connectivity index (χ0n) is 22.3. The number of quaternary nitrogens is 1. The molecule has 0 N–H and O–H groups in total. The Balaban J connectivity index is 3.16. The van der Waals surface area contributed by atoms with Gasteiger partial charge in [0.25, 0.3) is 8.32 Å². The Morgan fingerprint density at radius 1 is 1.00 bits per heavy atom. The van der Waals surface area contributed by atoms with Crippen LogP contribution in [0.4, 0.5) is 0 Å². The number of benzene rings is 1. The lowest BCUT2D eigenvalue weighted by molar-refractivity contribution is -0.861. The number of nitrogens with zero attached hydrogens (tertiary/aromatic N) is 1. The minimum Gasteiger partial charge on any atom is -0.514 e. The highest BCUT2D eigenvalue weighted by molar-refractivity contribution is 6.77. The van der Waals surface area contributed by atoms with Gasteiger partial charge in [0.2, 0.25) is 0 Å². The van der Waals surface area contributed by atoms with Gasteiger partial charge in [-0.05, 0) is 41.6 Å². The number of likely N-dealkylation sites (N-methyl/N-ethyl adjacent to an activating group) is 1. The normalized spacial score (nSPS) is 14.2. The van der Waals surface area contributed by atoms with Crippen LogP contribution in [-0.4, -0.2) is 46.2 Å². The zero-order chi connectivity index (χ0) is 24.5. The molecule has 1 aromatic rings. The molecule has 182 valence electrons. The van der Waals surface area contributed by atoms with Crippen LogP contribution in [-0.2, 0) is 20.5 Å². The van der Waals surface area contributed by atoms with Crippen molar-refractivity contribution in [2.75, 3.05) is 27.3 Å². The Hall–Kier alpha value is -1.56. The molecule has 1 atom stereocenters. The van der Waals surface area contributed by atoms with Gasteiger partial charge in [-0.3, -0.25) is 4.48 Å². The predicted octanol–water partition coefficient (Wildman–Crippen LogP) is 7.25. The standard InChI is InChI=1S/C27H48NO3Si/c1-12-30-27(31-32(22(4)5,23(6)7)24(8)9)18-28(10,11)26(21(2)3)20-29-19-25-16-14-13-15-17-25/h13-18,22-24,26H,2,12,19-20H2,1,3-11H3/q+1/b27-18-. The van der Waals surface area contributed by atoms with Gasteiger partial charge in [-0.2, -0.15) is 0 Å². The molecule has 0 amide bonds. The van der Waals surface area contributed by atoms with E-state index in [2.05, 4.69) is 87.5 Å². The summed E-state index contributed by atoms with van der Waals surface area (Å²) in [4.78, 5) is 0. The predicted molar refractivity (Wildman–Crippen MR) is 139 cm³/mol. The summed E-state index contributed by atoms with van der Waals surface area (Å²) in [5, 5.41) is 0. The molecular formula is C27H48NO3Si+. The molecule has 32 heavy (non-hydrogen) atoms. The molecule has 1 aromatic carbocycles. The Labute approximate surface area is 199 Å². The summed E-state index contributed by atoms with van der Waals surface area (Å²) in [6.07, 6.45) is 2.11. The maximum atomic E-state index is 6.89. The van der Waals surface area contributed by atoms with E-state index in [1.807, 2.05) is 25.1 Å². The van der Waals surface area contributed by atoms with E-state index in [1.165, 1.54) is 5.56 Å². The van der Waals surface area contributed by atoms with E-state index >= 15 is 0 Å². The van der Waals surface area contributed by atoms with E-state index in [9.17, 15) is 0 Å². The van der Waals surface area contributed by atoms with Gasteiger partial charge >= 0.3 is 5.95 Å². The van der Waals surface area contributed by atoms with E-state index in [-0.39, 0.29) is 6.04 Å². The molecule has 0 fully saturated rings. The summed E-state index contributed by atoms with van der Waals surface area (Å²) < 4.78 is 19.6. The maximum absolute atomic E-state index is 6.89. The average Bonchev–Trinajstić information content (AvgIpc) is 2.68. The summed E-state index contributed by atoms with van der Waals surface area (Å²) in [5.74, 6) is 0.648. The highest BCUT2D eigenvalue weighted by atomic mass is 28.4. The summed E-state index contributed by atoms with van der Waals surface area (Å²) in [7, 11) is 2.21. The molecule has 0 saturated carbocycles. The van der Waals surface area contributed by atoms with E-state index in [0.29, 0.717) is 46.9 Å². The van der Waals surface area contributed by atoms with Crippen LogP contribution in [0.15, 0.2) is 54.6 Å². The van der Waals surface area contributed by atoms with E-state index < -0.39 is 8.32 Å². The summed E-state index contributed by atoms with van der Waals surface area (Å²) in [5.41, 5.74) is 3.69. The van der Waals surface area contributed by atoms with Crippen molar-refractivity contribution in [3.8, 4) is 0 Å². The monoisotopic (exact) mass is 462 g/mol. The Bertz CT molecular complexity index is 704. The SMILES string of the molecule is C=C(C)C(COCc1ccccc1)[N+](C)(C)/C=C(/OCC)O[Si](C(C)C)(C(C)C)C(C)C. The van der Waals surface area contributed by atoms with Gasteiger partial charge in [0.05, 0.1) is 27.3 Å². The summed E-state index contributed by atoms with van der Waals surface area (Å²) in [6.45, 7) is 23.9. The van der Waals surface area contributed by atoms with E-state index in [1.54, 1.807) is 0 Å². The average molecular weight is 463 g/mol. The van der Waals surface area contributed by atoms with Crippen molar-refractivity contribution in [1.82, 2.24) is 0 Å². The van der Waals surface area contributed by atoms with Crippen molar-refractivity contribution in [2.45, 2.75) is 84.7 Å². The molecule has 1 rings (SSSR count). The molecule has 4 nitrogen and oxygen atoms in total. The summed E-state index contributed by atoms with van der Waals surface area (Å²) in [6, 6.07) is 10.4. The Morgan fingerprint density at radius 3 is 1.97 bits per heavy atom. The van der Waals surface area contributed by atoms with Crippen LogP contribution in [0.5, 0.6) is 0 Å². The molecule has 0 aliphatic heterocycles. The summed E-state index contributed by atoms with van der Waals surface area (Å²) >= 11 is 0. The largest absolute Gasteiger partial charge is 0.514 e. The molecule has 0 saturated heterocycles. The van der Waals surface area contributed by atoms with Crippen LogP contribution >= 0.6 is 0 Å². The van der Waals surface area contributed by atoms with Crippen LogP contribution in [0.3, 0.4) is 0 Å². The molecule has 5 heteroatoms. The van der Waals surface area contributed by atoms with Crippen LogP contribution in [0.25, 0.3) is 0 Å². The van der Waals surface area contributed by atoms with Crippen molar-refractivity contribution in [1.29, 1.82) is 0 Å².